The van der Waals surface area contributed by atoms with Crippen LogP contribution in [0.3, 0.4) is 0 Å². The van der Waals surface area contributed by atoms with Crippen molar-refractivity contribution in [2.24, 2.45) is 4.99 Å². The zero-order chi connectivity index (χ0) is 13.9. The van der Waals surface area contributed by atoms with Crippen LogP contribution in [0, 0.1) is 0 Å². The van der Waals surface area contributed by atoms with Gasteiger partial charge in [0.2, 0.25) is 0 Å². The number of aromatic hydroxyl groups is 2. The second kappa shape index (κ2) is 5.05. The molecule has 3 aromatic rings. The minimum absolute atomic E-state index is 0.200. The van der Waals surface area contributed by atoms with Gasteiger partial charge in [-0.1, -0.05) is 30.3 Å². The molecule has 0 spiro atoms. The van der Waals surface area contributed by atoms with Crippen molar-refractivity contribution in [2.45, 2.75) is 0 Å². The molecule has 0 atom stereocenters. The summed E-state index contributed by atoms with van der Waals surface area (Å²) in [5, 5.41) is 21.2. The normalized spacial score (nSPS) is 11.2. The molecule has 3 heteroatoms. The van der Waals surface area contributed by atoms with Gasteiger partial charge in [-0.2, -0.15) is 0 Å². The van der Waals surface area contributed by atoms with E-state index in [0.717, 1.165) is 16.5 Å². The molecule has 3 nitrogen and oxygen atoms in total. The third-order valence-corrected chi connectivity index (χ3v) is 3.14. The van der Waals surface area contributed by atoms with E-state index in [-0.39, 0.29) is 11.5 Å². The summed E-state index contributed by atoms with van der Waals surface area (Å²) in [6.45, 7) is 0. The average Bonchev–Trinajstić information content (AvgIpc) is 2.48. The molecule has 0 aliphatic carbocycles. The molecule has 0 bridgehead atoms. The second-order valence-electron chi connectivity index (χ2n) is 4.49. The smallest absolute Gasteiger partial charge is 0.124 e. The van der Waals surface area contributed by atoms with Crippen LogP contribution in [0.25, 0.3) is 10.8 Å². The lowest BCUT2D eigenvalue weighted by Crippen LogP contribution is -1.85. The summed E-state index contributed by atoms with van der Waals surface area (Å²) in [5.74, 6) is 0.406. The first-order valence-corrected chi connectivity index (χ1v) is 6.28. The molecule has 0 unspecified atom stereocenters. The molecule has 0 heterocycles. The molecule has 0 amide bonds. The Morgan fingerprint density at radius 2 is 1.55 bits per heavy atom. The summed E-state index contributed by atoms with van der Waals surface area (Å²) in [7, 11) is 0. The van der Waals surface area contributed by atoms with Crippen LogP contribution in [0.5, 0.6) is 11.5 Å². The van der Waals surface area contributed by atoms with Crippen molar-refractivity contribution in [1.29, 1.82) is 0 Å². The number of nitrogens with zero attached hydrogens (tertiary/aromatic N) is 1. The second-order valence-corrected chi connectivity index (χ2v) is 4.49. The van der Waals surface area contributed by atoms with Crippen LogP contribution in [0.4, 0.5) is 5.69 Å². The molecule has 3 rings (SSSR count). The number of benzene rings is 3. The van der Waals surface area contributed by atoms with Gasteiger partial charge < -0.3 is 10.2 Å². The van der Waals surface area contributed by atoms with Crippen molar-refractivity contribution in [3.05, 3.63) is 66.2 Å². The highest BCUT2D eigenvalue weighted by atomic mass is 16.3. The van der Waals surface area contributed by atoms with Crippen molar-refractivity contribution < 1.29 is 10.2 Å². The molecule has 0 radical (unpaired) electrons. The van der Waals surface area contributed by atoms with Crippen LogP contribution < -0.4 is 0 Å². The van der Waals surface area contributed by atoms with Crippen LogP contribution in [0.2, 0.25) is 0 Å². The van der Waals surface area contributed by atoms with Gasteiger partial charge in [0.1, 0.15) is 11.5 Å². The summed E-state index contributed by atoms with van der Waals surface area (Å²) in [6.07, 6.45) is 1.64. The lowest BCUT2D eigenvalue weighted by molar-refractivity contribution is 0.474. The van der Waals surface area contributed by atoms with Gasteiger partial charge in [0.05, 0.1) is 5.69 Å². The molecule has 0 aliphatic heterocycles. The van der Waals surface area contributed by atoms with E-state index < -0.39 is 0 Å². The highest BCUT2D eigenvalue weighted by Crippen LogP contribution is 2.26. The van der Waals surface area contributed by atoms with Gasteiger partial charge in [0.25, 0.3) is 0 Å². The molecular formula is C17H13NO2. The number of phenolic OH excluding ortho intramolecular Hbond substituents is 2. The van der Waals surface area contributed by atoms with Gasteiger partial charge in [0, 0.05) is 11.8 Å². The number of fused-ring (bicyclic) bond motifs is 1. The van der Waals surface area contributed by atoms with Gasteiger partial charge in [-0.3, -0.25) is 4.99 Å². The van der Waals surface area contributed by atoms with Gasteiger partial charge in [0.15, 0.2) is 0 Å². The SMILES string of the molecule is Oc1ccc(N=Cc2c(O)ccc3ccccc23)cc1. The number of aliphatic imine (C=N–C) groups is 1. The fourth-order valence-electron chi connectivity index (χ4n) is 2.10. The van der Waals surface area contributed by atoms with Crippen LogP contribution >= 0.6 is 0 Å². The van der Waals surface area contributed by atoms with E-state index >= 15 is 0 Å². The zero-order valence-electron chi connectivity index (χ0n) is 10.7. The Morgan fingerprint density at radius 1 is 0.800 bits per heavy atom. The minimum atomic E-state index is 0.200. The first kappa shape index (κ1) is 12.2. The van der Waals surface area contributed by atoms with Crippen LogP contribution in [-0.2, 0) is 0 Å². The zero-order valence-corrected chi connectivity index (χ0v) is 10.7. The standard InChI is InChI=1S/C17H13NO2/c19-14-8-6-13(7-9-14)18-11-16-15-4-2-1-3-12(15)5-10-17(16)20/h1-11,19-20H. The van der Waals surface area contributed by atoms with Crippen LogP contribution in [0.1, 0.15) is 5.56 Å². The largest absolute Gasteiger partial charge is 0.508 e. The van der Waals surface area contributed by atoms with Gasteiger partial charge in [-0.05, 0) is 41.1 Å². The summed E-state index contributed by atoms with van der Waals surface area (Å²) >= 11 is 0. The molecule has 0 aromatic heterocycles. The summed E-state index contributed by atoms with van der Waals surface area (Å²) in [5.41, 5.74) is 1.41. The topological polar surface area (TPSA) is 52.8 Å². The molecule has 0 fully saturated rings. The molecule has 0 saturated heterocycles. The first-order chi connectivity index (χ1) is 9.74. The molecule has 0 aliphatic rings. The summed E-state index contributed by atoms with van der Waals surface area (Å²) in [6, 6.07) is 18.0. The molecular weight excluding hydrogens is 250 g/mol. The monoisotopic (exact) mass is 263 g/mol. The van der Waals surface area contributed by atoms with Crippen molar-refractivity contribution in [2.75, 3.05) is 0 Å². The Hall–Kier alpha value is -2.81. The highest BCUT2D eigenvalue weighted by Gasteiger charge is 2.04. The Bertz CT molecular complexity index is 777. The minimum Gasteiger partial charge on any atom is -0.508 e. The van der Waals surface area contributed by atoms with Gasteiger partial charge in [-0.25, -0.2) is 0 Å². The Labute approximate surface area is 116 Å². The number of hydrogen-bond donors (Lipinski definition) is 2. The van der Waals surface area contributed by atoms with E-state index in [1.807, 2.05) is 30.3 Å². The molecule has 98 valence electrons. The third kappa shape index (κ3) is 2.34. The quantitative estimate of drug-likeness (QED) is 0.686. The van der Waals surface area contributed by atoms with Crippen molar-refractivity contribution in [1.82, 2.24) is 0 Å². The van der Waals surface area contributed by atoms with Crippen molar-refractivity contribution >= 4 is 22.7 Å². The van der Waals surface area contributed by atoms with E-state index in [1.165, 1.54) is 0 Å². The van der Waals surface area contributed by atoms with Crippen molar-refractivity contribution in [3.8, 4) is 11.5 Å². The molecule has 3 aromatic carbocycles. The number of rotatable bonds is 2. The maximum Gasteiger partial charge on any atom is 0.124 e. The maximum absolute atomic E-state index is 10.00. The van der Waals surface area contributed by atoms with E-state index in [2.05, 4.69) is 4.99 Å². The number of hydrogen-bond acceptors (Lipinski definition) is 3. The predicted octanol–water partition coefficient (Wildman–Crippen LogP) is 4.00. The Morgan fingerprint density at radius 3 is 2.35 bits per heavy atom. The van der Waals surface area contributed by atoms with E-state index in [4.69, 9.17) is 0 Å². The summed E-state index contributed by atoms with van der Waals surface area (Å²) < 4.78 is 0. The lowest BCUT2D eigenvalue weighted by atomic mass is 10.0. The Kier molecular flexibility index (Phi) is 3.09. The number of phenols is 2. The van der Waals surface area contributed by atoms with E-state index in [1.54, 1.807) is 36.5 Å². The average molecular weight is 263 g/mol. The fourth-order valence-corrected chi connectivity index (χ4v) is 2.10. The van der Waals surface area contributed by atoms with E-state index in [0.29, 0.717) is 5.56 Å². The lowest BCUT2D eigenvalue weighted by Gasteiger charge is -2.04. The van der Waals surface area contributed by atoms with E-state index in [9.17, 15) is 10.2 Å². The first-order valence-electron chi connectivity index (χ1n) is 6.28. The fraction of sp³-hybridized carbons (Fsp3) is 0. The van der Waals surface area contributed by atoms with Gasteiger partial charge in [-0.15, -0.1) is 0 Å². The maximum atomic E-state index is 10.00. The third-order valence-electron chi connectivity index (χ3n) is 3.14. The van der Waals surface area contributed by atoms with Crippen molar-refractivity contribution in [3.63, 3.8) is 0 Å². The van der Waals surface area contributed by atoms with Gasteiger partial charge >= 0.3 is 0 Å². The Balaban J connectivity index is 2.06. The van der Waals surface area contributed by atoms with Crippen LogP contribution in [-0.4, -0.2) is 16.4 Å². The molecule has 20 heavy (non-hydrogen) atoms. The predicted molar refractivity (Wildman–Crippen MR) is 81.0 cm³/mol. The summed E-state index contributed by atoms with van der Waals surface area (Å²) in [4.78, 5) is 4.33. The molecule has 0 saturated carbocycles. The van der Waals surface area contributed by atoms with Crippen LogP contribution in [0.15, 0.2) is 65.7 Å². The molecule has 2 N–H and O–H groups in total. The highest BCUT2D eigenvalue weighted by molar-refractivity contribution is 6.02.